The predicted octanol–water partition coefficient (Wildman–Crippen LogP) is 1.40. The maximum atomic E-state index is 12.1. The summed E-state index contributed by atoms with van der Waals surface area (Å²) in [5.74, 6) is 2.03. The Kier molecular flexibility index (Phi) is 4.91. The van der Waals surface area contributed by atoms with E-state index in [2.05, 4.69) is 17.4 Å². The predicted molar refractivity (Wildman–Crippen MR) is 83.9 cm³/mol. The van der Waals surface area contributed by atoms with Gasteiger partial charge in [0.25, 0.3) is 5.91 Å². The van der Waals surface area contributed by atoms with E-state index < -0.39 is 0 Å². The number of hydrogen-bond acceptors (Lipinski definition) is 1. The van der Waals surface area contributed by atoms with Gasteiger partial charge in [0.1, 0.15) is 0 Å². The van der Waals surface area contributed by atoms with Crippen LogP contribution in [-0.4, -0.2) is 25.5 Å². The van der Waals surface area contributed by atoms with Crippen LogP contribution in [0.15, 0.2) is 30.3 Å². The first kappa shape index (κ1) is 14.6. The van der Waals surface area contributed by atoms with Gasteiger partial charge in [0.05, 0.1) is 13.1 Å². The van der Waals surface area contributed by atoms with Crippen molar-refractivity contribution in [1.29, 1.82) is 0 Å². The zero-order chi connectivity index (χ0) is 14.5. The van der Waals surface area contributed by atoms with Gasteiger partial charge < -0.3 is 10.2 Å². The number of piperidine rings is 1. The Labute approximate surface area is 127 Å². The van der Waals surface area contributed by atoms with E-state index in [4.69, 9.17) is 0 Å². The number of quaternary nitrogens is 1. The minimum Gasteiger partial charge on any atom is -0.347 e. The van der Waals surface area contributed by atoms with E-state index in [9.17, 15) is 4.79 Å². The molecule has 0 bridgehead atoms. The highest BCUT2D eigenvalue weighted by Crippen LogP contribution is 2.32. The Hall–Kier alpha value is -1.35. The number of carbonyl (C=O) groups is 1. The molecule has 0 spiro atoms. The summed E-state index contributed by atoms with van der Waals surface area (Å²) in [4.78, 5) is 13.6. The lowest BCUT2D eigenvalue weighted by molar-refractivity contribution is -0.902. The van der Waals surface area contributed by atoms with Crippen molar-refractivity contribution in [1.82, 2.24) is 5.32 Å². The van der Waals surface area contributed by atoms with E-state index >= 15 is 0 Å². The quantitative estimate of drug-likeness (QED) is 0.862. The molecule has 0 aromatic heterocycles. The van der Waals surface area contributed by atoms with Crippen LogP contribution >= 0.6 is 0 Å². The van der Waals surface area contributed by atoms with Gasteiger partial charge in [-0.05, 0) is 30.7 Å². The van der Waals surface area contributed by atoms with Crippen LogP contribution in [0.4, 0.5) is 0 Å². The van der Waals surface area contributed by atoms with Crippen LogP contribution in [0.5, 0.6) is 0 Å². The van der Waals surface area contributed by atoms with Crippen LogP contribution in [0.1, 0.15) is 37.7 Å². The first-order valence-corrected chi connectivity index (χ1v) is 8.45. The van der Waals surface area contributed by atoms with Gasteiger partial charge in [0, 0.05) is 12.5 Å². The Morgan fingerprint density at radius 2 is 1.86 bits per heavy atom. The van der Waals surface area contributed by atoms with E-state index in [1.165, 1.54) is 55.7 Å². The minimum atomic E-state index is 0.197. The summed E-state index contributed by atoms with van der Waals surface area (Å²) in [7, 11) is 0. The second-order valence-electron chi connectivity index (χ2n) is 6.74. The molecule has 1 amide bonds. The molecule has 1 aliphatic heterocycles. The largest absolute Gasteiger partial charge is 0.347 e. The molecule has 3 heteroatoms. The summed E-state index contributed by atoms with van der Waals surface area (Å²) in [6.45, 7) is 3.69. The van der Waals surface area contributed by atoms with Gasteiger partial charge in [-0.2, -0.15) is 0 Å². The van der Waals surface area contributed by atoms with Crippen LogP contribution in [0.2, 0.25) is 0 Å². The van der Waals surface area contributed by atoms with Crippen molar-refractivity contribution in [3.63, 3.8) is 0 Å². The molecule has 3 nitrogen and oxygen atoms in total. The fraction of sp³-hybridized carbons (Fsp3) is 0.611. The van der Waals surface area contributed by atoms with Gasteiger partial charge in [0.2, 0.25) is 0 Å². The fourth-order valence-corrected chi connectivity index (χ4v) is 4.04. The Morgan fingerprint density at radius 3 is 2.67 bits per heavy atom. The number of nitrogens with one attached hydrogen (secondary N) is 2. The number of rotatable bonds is 4. The average molecular weight is 287 g/mol. The van der Waals surface area contributed by atoms with Crippen molar-refractivity contribution in [3.8, 4) is 0 Å². The molecule has 2 N–H and O–H groups in total. The monoisotopic (exact) mass is 287 g/mol. The molecular formula is C18H27N2O+. The maximum absolute atomic E-state index is 12.1. The third kappa shape index (κ3) is 4.07. The van der Waals surface area contributed by atoms with Crippen molar-refractivity contribution in [3.05, 3.63) is 35.9 Å². The van der Waals surface area contributed by atoms with Crippen LogP contribution < -0.4 is 10.2 Å². The summed E-state index contributed by atoms with van der Waals surface area (Å²) >= 11 is 0. The lowest BCUT2D eigenvalue weighted by Crippen LogP contribution is -3.15. The second kappa shape index (κ2) is 7.08. The molecule has 2 aliphatic rings. The van der Waals surface area contributed by atoms with E-state index in [1.807, 2.05) is 18.2 Å². The summed E-state index contributed by atoms with van der Waals surface area (Å²) in [6, 6.07) is 10.1. The molecule has 1 aliphatic carbocycles. The van der Waals surface area contributed by atoms with Crippen molar-refractivity contribution >= 4 is 5.91 Å². The zero-order valence-corrected chi connectivity index (χ0v) is 12.8. The first-order chi connectivity index (χ1) is 10.3. The van der Waals surface area contributed by atoms with Gasteiger partial charge in [-0.3, -0.25) is 4.79 Å². The number of hydrogen-bond donors (Lipinski definition) is 2. The fourth-order valence-electron chi connectivity index (χ4n) is 4.04. The number of carbonyl (C=O) groups excluding carboxylic acids is 1. The highest BCUT2D eigenvalue weighted by Gasteiger charge is 2.34. The number of amides is 1. The molecule has 0 radical (unpaired) electrons. The zero-order valence-electron chi connectivity index (χ0n) is 12.8. The molecule has 1 heterocycles. The summed E-state index contributed by atoms with van der Waals surface area (Å²) in [6.07, 6.45) is 6.96. The van der Waals surface area contributed by atoms with E-state index in [0.717, 1.165) is 11.8 Å². The van der Waals surface area contributed by atoms with Crippen molar-refractivity contribution in [2.24, 2.45) is 11.8 Å². The topological polar surface area (TPSA) is 33.5 Å². The third-order valence-electron chi connectivity index (χ3n) is 5.23. The molecule has 21 heavy (non-hydrogen) atoms. The summed E-state index contributed by atoms with van der Waals surface area (Å²) < 4.78 is 0. The lowest BCUT2D eigenvalue weighted by Gasteiger charge is -2.38. The van der Waals surface area contributed by atoms with Crippen molar-refractivity contribution in [2.45, 2.75) is 38.6 Å². The number of likely N-dealkylation sites (tertiary alicyclic amines) is 1. The van der Waals surface area contributed by atoms with Gasteiger partial charge in [-0.25, -0.2) is 0 Å². The standard InChI is InChI=1S/C18H26N2O/c21-18(19-12-15-6-2-1-3-7-15)14-20-11-10-16-8-4-5-9-17(16)13-20/h1-3,6-7,16-17H,4-5,8-14H2,(H,19,21)/p+1/t16-,17-/m1/s1. The average Bonchev–Trinajstić information content (AvgIpc) is 2.54. The highest BCUT2D eigenvalue weighted by atomic mass is 16.2. The summed E-state index contributed by atoms with van der Waals surface area (Å²) in [5, 5.41) is 3.06. The molecule has 2 fully saturated rings. The minimum absolute atomic E-state index is 0.197. The van der Waals surface area contributed by atoms with Gasteiger partial charge >= 0.3 is 0 Å². The van der Waals surface area contributed by atoms with Crippen LogP contribution in [-0.2, 0) is 11.3 Å². The van der Waals surface area contributed by atoms with Gasteiger partial charge in [-0.15, -0.1) is 0 Å². The molecule has 1 unspecified atom stereocenters. The van der Waals surface area contributed by atoms with E-state index in [1.54, 1.807) is 0 Å². The Balaban J connectivity index is 1.42. The molecule has 1 saturated heterocycles. The van der Waals surface area contributed by atoms with Crippen LogP contribution in [0.3, 0.4) is 0 Å². The van der Waals surface area contributed by atoms with E-state index in [-0.39, 0.29) is 5.91 Å². The van der Waals surface area contributed by atoms with Crippen LogP contribution in [0, 0.1) is 11.8 Å². The Bertz CT molecular complexity index is 460. The number of fused-ring (bicyclic) bond motifs is 1. The van der Waals surface area contributed by atoms with Crippen molar-refractivity contribution in [2.75, 3.05) is 19.6 Å². The van der Waals surface area contributed by atoms with Crippen LogP contribution in [0.25, 0.3) is 0 Å². The lowest BCUT2D eigenvalue weighted by atomic mass is 9.75. The van der Waals surface area contributed by atoms with E-state index in [0.29, 0.717) is 13.1 Å². The molecule has 1 aromatic carbocycles. The molecule has 3 rings (SSSR count). The highest BCUT2D eigenvalue weighted by molar-refractivity contribution is 5.76. The molecular weight excluding hydrogens is 260 g/mol. The molecule has 3 atom stereocenters. The van der Waals surface area contributed by atoms with Gasteiger partial charge in [-0.1, -0.05) is 43.2 Å². The SMILES string of the molecule is O=C(C[NH+]1CC[C@H]2CCCC[C@@H]2C1)NCc1ccccc1. The molecule has 114 valence electrons. The molecule has 1 aromatic rings. The first-order valence-electron chi connectivity index (χ1n) is 8.45. The normalized spacial score (nSPS) is 28.7. The number of benzene rings is 1. The Morgan fingerprint density at radius 1 is 1.10 bits per heavy atom. The summed E-state index contributed by atoms with van der Waals surface area (Å²) in [5.41, 5.74) is 1.17. The third-order valence-corrected chi connectivity index (χ3v) is 5.23. The second-order valence-corrected chi connectivity index (χ2v) is 6.74. The maximum Gasteiger partial charge on any atom is 0.275 e. The molecule has 1 saturated carbocycles. The smallest absolute Gasteiger partial charge is 0.275 e. The van der Waals surface area contributed by atoms with Gasteiger partial charge in [0.15, 0.2) is 6.54 Å². The van der Waals surface area contributed by atoms with Crippen molar-refractivity contribution < 1.29 is 9.69 Å².